The molecule has 6 unspecified atom stereocenters. The molecule has 9 heteroatoms. The van der Waals surface area contributed by atoms with E-state index in [1.807, 2.05) is 51.1 Å². The summed E-state index contributed by atoms with van der Waals surface area (Å²) < 4.78 is 24.2. The van der Waals surface area contributed by atoms with Crippen LogP contribution in [0, 0.1) is 5.92 Å². The third-order valence-electron chi connectivity index (χ3n) is 7.83. The van der Waals surface area contributed by atoms with Crippen molar-refractivity contribution < 1.29 is 33.4 Å². The molecule has 3 rings (SSSR count). The summed E-state index contributed by atoms with van der Waals surface area (Å²) in [5.41, 5.74) is -0.529. The fourth-order valence-corrected chi connectivity index (χ4v) is 6.03. The van der Waals surface area contributed by atoms with Crippen LogP contribution in [0.5, 0.6) is 0 Å². The van der Waals surface area contributed by atoms with Crippen LogP contribution in [0.1, 0.15) is 53.5 Å². The minimum absolute atomic E-state index is 0.000125. The van der Waals surface area contributed by atoms with Crippen LogP contribution in [0.3, 0.4) is 0 Å². The molecular weight excluding hydrogens is 478 g/mol. The highest BCUT2D eigenvalue weighted by molar-refractivity contribution is 6.74. The van der Waals surface area contributed by atoms with Crippen LogP contribution in [0.25, 0.3) is 0 Å². The summed E-state index contributed by atoms with van der Waals surface area (Å²) in [6.07, 6.45) is -2.07. The minimum Gasteiger partial charge on any atom is -0.467 e. The molecule has 2 heterocycles. The Hall–Kier alpha value is -1.33. The predicted molar refractivity (Wildman–Crippen MR) is 139 cm³/mol. The van der Waals surface area contributed by atoms with E-state index in [1.54, 1.807) is 5.06 Å². The van der Waals surface area contributed by atoms with E-state index in [0.29, 0.717) is 13.2 Å². The van der Waals surface area contributed by atoms with Crippen molar-refractivity contribution in [2.24, 2.45) is 5.92 Å². The number of hydrogen-bond acceptors (Lipinski definition) is 8. The number of methoxy groups -OCH3 is 1. The number of carbonyl (C=O) groups excluding carboxylic acids is 1. The summed E-state index contributed by atoms with van der Waals surface area (Å²) in [5, 5.41) is 13.0. The van der Waals surface area contributed by atoms with Gasteiger partial charge in [-0.15, -0.1) is 0 Å². The zero-order valence-electron chi connectivity index (χ0n) is 23.3. The van der Waals surface area contributed by atoms with Gasteiger partial charge in [0.1, 0.15) is 6.10 Å². The summed E-state index contributed by atoms with van der Waals surface area (Å²) >= 11 is 0. The van der Waals surface area contributed by atoms with Gasteiger partial charge in [-0.2, -0.15) is 5.06 Å². The lowest BCUT2D eigenvalue weighted by molar-refractivity contribution is -0.284. The van der Waals surface area contributed by atoms with Crippen LogP contribution in [-0.2, 0) is 34.8 Å². The molecule has 2 fully saturated rings. The monoisotopic (exact) mass is 523 g/mol. The number of esters is 1. The Morgan fingerprint density at radius 3 is 2.44 bits per heavy atom. The SMILES string of the molecule is COC(=O)C1(C(O)C(C)C)CC(C2OC(C)OCC2O[Si](C)(C)C(C)(C)C)N(Cc2ccccc2)O1. The van der Waals surface area contributed by atoms with Crippen molar-refractivity contribution in [1.82, 2.24) is 5.06 Å². The van der Waals surface area contributed by atoms with Crippen LogP contribution in [0.2, 0.25) is 18.1 Å². The van der Waals surface area contributed by atoms with Crippen molar-refractivity contribution in [1.29, 1.82) is 0 Å². The van der Waals surface area contributed by atoms with Gasteiger partial charge in [0.25, 0.3) is 0 Å². The first-order chi connectivity index (χ1) is 16.7. The standard InChI is InChI=1S/C27H45NO7Si/c1-18(2)24(29)27(25(30)31-7)15-21(28(35-27)16-20-13-11-10-12-14-20)23-22(17-32-19(3)33-23)34-36(8,9)26(4,5)6/h10-14,18-19,21-24,29H,15-17H2,1-9H3. The number of hydroxylamine groups is 2. The molecule has 0 spiro atoms. The van der Waals surface area contributed by atoms with Crippen molar-refractivity contribution in [2.45, 2.75) is 109 Å². The van der Waals surface area contributed by atoms with E-state index in [2.05, 4.69) is 33.9 Å². The predicted octanol–water partition coefficient (Wildman–Crippen LogP) is 4.27. The Labute approximate surface area is 217 Å². The van der Waals surface area contributed by atoms with Crippen LogP contribution >= 0.6 is 0 Å². The maximum atomic E-state index is 13.2. The van der Waals surface area contributed by atoms with Gasteiger partial charge in [0.2, 0.25) is 5.60 Å². The normalized spacial score (nSPS) is 31.0. The van der Waals surface area contributed by atoms with E-state index in [0.717, 1.165) is 5.56 Å². The molecule has 2 aliphatic rings. The van der Waals surface area contributed by atoms with Crippen molar-refractivity contribution in [3.05, 3.63) is 35.9 Å². The molecule has 204 valence electrons. The maximum absolute atomic E-state index is 13.2. The second kappa shape index (κ2) is 11.2. The number of rotatable bonds is 8. The smallest absolute Gasteiger partial charge is 0.343 e. The average Bonchev–Trinajstić information content (AvgIpc) is 3.19. The van der Waals surface area contributed by atoms with Crippen LogP contribution in [0.15, 0.2) is 30.3 Å². The van der Waals surface area contributed by atoms with Gasteiger partial charge in [0.05, 0.1) is 32.0 Å². The molecule has 6 atom stereocenters. The molecule has 0 amide bonds. The van der Waals surface area contributed by atoms with Crippen molar-refractivity contribution in [3.8, 4) is 0 Å². The third-order valence-corrected chi connectivity index (χ3v) is 12.3. The van der Waals surface area contributed by atoms with Crippen molar-refractivity contribution in [2.75, 3.05) is 13.7 Å². The fourth-order valence-electron chi connectivity index (χ4n) is 4.72. The van der Waals surface area contributed by atoms with Crippen molar-refractivity contribution in [3.63, 3.8) is 0 Å². The first-order valence-electron chi connectivity index (χ1n) is 12.9. The average molecular weight is 524 g/mol. The number of benzene rings is 1. The zero-order valence-corrected chi connectivity index (χ0v) is 24.3. The topological polar surface area (TPSA) is 86.7 Å². The van der Waals surface area contributed by atoms with E-state index in [9.17, 15) is 9.90 Å². The summed E-state index contributed by atoms with van der Waals surface area (Å²) in [7, 11) is -0.843. The molecule has 2 saturated heterocycles. The summed E-state index contributed by atoms with van der Waals surface area (Å²) in [6, 6.07) is 9.53. The molecule has 1 aromatic rings. The molecule has 1 N–H and O–H groups in total. The van der Waals surface area contributed by atoms with Gasteiger partial charge >= 0.3 is 5.97 Å². The number of aliphatic hydroxyl groups is 1. The highest BCUT2D eigenvalue weighted by Gasteiger charge is 2.61. The number of ether oxygens (including phenoxy) is 3. The van der Waals surface area contributed by atoms with Gasteiger partial charge in [-0.05, 0) is 36.5 Å². The van der Waals surface area contributed by atoms with Gasteiger partial charge in [-0.25, -0.2) is 4.79 Å². The molecule has 36 heavy (non-hydrogen) atoms. The Morgan fingerprint density at radius 2 is 1.89 bits per heavy atom. The van der Waals surface area contributed by atoms with E-state index in [4.69, 9.17) is 23.5 Å². The third kappa shape index (κ3) is 6.04. The second-order valence-electron chi connectivity index (χ2n) is 11.9. The van der Waals surface area contributed by atoms with Gasteiger partial charge in [0, 0.05) is 13.0 Å². The zero-order chi connectivity index (χ0) is 26.9. The molecule has 8 nitrogen and oxygen atoms in total. The second-order valence-corrected chi connectivity index (χ2v) is 16.7. The summed E-state index contributed by atoms with van der Waals surface area (Å²) in [4.78, 5) is 19.6. The fraction of sp³-hybridized carbons (Fsp3) is 0.741. The van der Waals surface area contributed by atoms with E-state index < -0.39 is 38.4 Å². The summed E-state index contributed by atoms with van der Waals surface area (Å²) in [5.74, 6) is -0.818. The molecule has 1 aromatic carbocycles. The Bertz CT molecular complexity index is 875. The highest BCUT2D eigenvalue weighted by atomic mass is 28.4. The molecule has 0 aliphatic carbocycles. The lowest BCUT2D eigenvalue weighted by Crippen LogP contribution is -2.58. The largest absolute Gasteiger partial charge is 0.467 e. The van der Waals surface area contributed by atoms with E-state index >= 15 is 0 Å². The lowest BCUT2D eigenvalue weighted by atomic mass is 9.82. The Kier molecular flexibility index (Phi) is 9.08. The lowest BCUT2D eigenvalue weighted by Gasteiger charge is -2.46. The number of nitrogens with zero attached hydrogens (tertiary/aromatic N) is 1. The number of aliphatic hydroxyl groups excluding tert-OH is 1. The van der Waals surface area contributed by atoms with Crippen LogP contribution in [-0.4, -0.2) is 74.4 Å². The molecule has 0 saturated carbocycles. The number of carbonyl (C=O) groups is 1. The molecule has 2 aliphatic heterocycles. The molecule has 0 bridgehead atoms. The van der Waals surface area contributed by atoms with E-state index in [1.165, 1.54) is 7.11 Å². The first-order valence-corrected chi connectivity index (χ1v) is 15.8. The quantitative estimate of drug-likeness (QED) is 0.399. The van der Waals surface area contributed by atoms with Gasteiger partial charge in [-0.1, -0.05) is 65.0 Å². The Morgan fingerprint density at radius 1 is 1.25 bits per heavy atom. The molecule has 0 radical (unpaired) electrons. The van der Waals surface area contributed by atoms with Crippen LogP contribution < -0.4 is 0 Å². The highest BCUT2D eigenvalue weighted by Crippen LogP contribution is 2.44. The molecule has 0 aromatic heterocycles. The van der Waals surface area contributed by atoms with Gasteiger partial charge in [-0.3, -0.25) is 4.84 Å². The maximum Gasteiger partial charge on any atom is 0.343 e. The van der Waals surface area contributed by atoms with Gasteiger partial charge in [0.15, 0.2) is 14.6 Å². The minimum atomic E-state index is -2.17. The van der Waals surface area contributed by atoms with Gasteiger partial charge < -0.3 is 23.7 Å². The number of hydrogen-bond donors (Lipinski definition) is 1. The Balaban J connectivity index is 2.02. The van der Waals surface area contributed by atoms with E-state index in [-0.39, 0.29) is 29.5 Å². The summed E-state index contributed by atoms with van der Waals surface area (Å²) in [6.45, 7) is 17.4. The van der Waals surface area contributed by atoms with Crippen molar-refractivity contribution >= 4 is 14.3 Å². The van der Waals surface area contributed by atoms with Crippen LogP contribution in [0.4, 0.5) is 0 Å². The first kappa shape index (κ1) is 29.2. The molecular formula is C27H45NO7Si.